The number of carbonyl (C=O) groups excluding carboxylic acids is 1. The molecule has 1 aromatic carbocycles. The van der Waals surface area contributed by atoms with Crippen LogP contribution in [-0.4, -0.2) is 43.8 Å². The SMILES string of the molecule is CCCCN(CC(=O)OC)S(=O)(=O)c1ccccc1[N+](=O)[O-]. The maximum Gasteiger partial charge on any atom is 0.321 e. The maximum absolute atomic E-state index is 12.6. The first-order valence-corrected chi connectivity index (χ1v) is 8.09. The molecule has 0 atom stereocenters. The Morgan fingerprint density at radius 3 is 2.55 bits per heavy atom. The van der Waals surface area contributed by atoms with Crippen molar-refractivity contribution in [2.45, 2.75) is 24.7 Å². The lowest BCUT2D eigenvalue weighted by molar-refractivity contribution is -0.387. The third-order valence-corrected chi connectivity index (χ3v) is 4.87. The monoisotopic (exact) mass is 330 g/mol. The molecule has 0 aliphatic rings. The van der Waals surface area contributed by atoms with Gasteiger partial charge in [-0.15, -0.1) is 0 Å². The number of nitro benzene ring substituents is 1. The number of nitrogens with zero attached hydrogens (tertiary/aromatic N) is 2. The zero-order valence-corrected chi connectivity index (χ0v) is 13.2. The van der Waals surface area contributed by atoms with Crippen LogP contribution in [0.15, 0.2) is 29.2 Å². The Hall–Kier alpha value is -2.00. The minimum Gasteiger partial charge on any atom is -0.468 e. The van der Waals surface area contributed by atoms with Crippen LogP contribution >= 0.6 is 0 Å². The Bertz CT molecular complexity index is 644. The van der Waals surface area contributed by atoms with E-state index in [0.717, 1.165) is 23.5 Å². The average molecular weight is 330 g/mol. The van der Waals surface area contributed by atoms with E-state index in [9.17, 15) is 23.3 Å². The number of hydrogen-bond donors (Lipinski definition) is 0. The fourth-order valence-electron chi connectivity index (χ4n) is 1.79. The van der Waals surface area contributed by atoms with Crippen LogP contribution in [0.3, 0.4) is 0 Å². The van der Waals surface area contributed by atoms with E-state index in [1.165, 1.54) is 12.1 Å². The van der Waals surface area contributed by atoms with E-state index in [0.29, 0.717) is 12.8 Å². The van der Waals surface area contributed by atoms with E-state index >= 15 is 0 Å². The molecular weight excluding hydrogens is 312 g/mol. The van der Waals surface area contributed by atoms with Crippen LogP contribution in [0.1, 0.15) is 19.8 Å². The lowest BCUT2D eigenvalue weighted by Gasteiger charge is -2.20. The van der Waals surface area contributed by atoms with Gasteiger partial charge in [-0.25, -0.2) is 8.42 Å². The summed E-state index contributed by atoms with van der Waals surface area (Å²) in [5, 5.41) is 11.0. The van der Waals surface area contributed by atoms with Crippen molar-refractivity contribution in [3.63, 3.8) is 0 Å². The molecule has 0 radical (unpaired) electrons. The van der Waals surface area contributed by atoms with Gasteiger partial charge >= 0.3 is 5.97 Å². The summed E-state index contributed by atoms with van der Waals surface area (Å²) in [7, 11) is -3.01. The van der Waals surface area contributed by atoms with Gasteiger partial charge < -0.3 is 4.74 Å². The molecule has 122 valence electrons. The molecule has 9 heteroatoms. The lowest BCUT2D eigenvalue weighted by Crippen LogP contribution is -2.37. The molecule has 0 bridgehead atoms. The highest BCUT2D eigenvalue weighted by Crippen LogP contribution is 2.26. The van der Waals surface area contributed by atoms with Crippen molar-refractivity contribution in [3.05, 3.63) is 34.4 Å². The molecule has 0 heterocycles. The average Bonchev–Trinajstić information content (AvgIpc) is 2.50. The molecule has 0 unspecified atom stereocenters. The summed E-state index contributed by atoms with van der Waals surface area (Å²) in [5.41, 5.74) is -0.520. The van der Waals surface area contributed by atoms with E-state index in [1.807, 2.05) is 6.92 Å². The molecule has 0 saturated carbocycles. The quantitative estimate of drug-likeness (QED) is 0.407. The molecular formula is C13H18N2O6S. The van der Waals surface area contributed by atoms with Crippen molar-refractivity contribution in [1.82, 2.24) is 4.31 Å². The first kappa shape index (κ1) is 18.1. The van der Waals surface area contributed by atoms with Crippen molar-refractivity contribution in [2.75, 3.05) is 20.2 Å². The van der Waals surface area contributed by atoms with Gasteiger partial charge in [0.05, 0.1) is 12.0 Å². The number of para-hydroxylation sites is 1. The van der Waals surface area contributed by atoms with Crippen molar-refractivity contribution < 1.29 is 22.9 Å². The van der Waals surface area contributed by atoms with Gasteiger partial charge in [0.2, 0.25) is 10.0 Å². The zero-order chi connectivity index (χ0) is 16.8. The van der Waals surface area contributed by atoms with Crippen LogP contribution in [0.5, 0.6) is 0 Å². The predicted octanol–water partition coefficient (Wildman–Crippen LogP) is 1.56. The smallest absolute Gasteiger partial charge is 0.321 e. The summed E-state index contributed by atoms with van der Waals surface area (Å²) in [6, 6.07) is 5.05. The Labute approximate surface area is 128 Å². The van der Waals surface area contributed by atoms with Gasteiger partial charge in [-0.1, -0.05) is 25.5 Å². The number of unbranched alkanes of at least 4 members (excludes halogenated alkanes) is 1. The minimum atomic E-state index is -4.16. The number of hydrogen-bond acceptors (Lipinski definition) is 6. The molecule has 1 aromatic rings. The molecule has 0 N–H and O–H groups in total. The second kappa shape index (κ2) is 7.85. The summed E-state index contributed by atoms with van der Waals surface area (Å²) in [5.74, 6) is -0.724. The molecule has 0 aliphatic heterocycles. The van der Waals surface area contributed by atoms with Gasteiger partial charge in [0, 0.05) is 12.6 Å². The second-order valence-corrected chi connectivity index (χ2v) is 6.40. The Kier molecular flexibility index (Phi) is 6.44. The number of benzene rings is 1. The van der Waals surface area contributed by atoms with Crippen LogP contribution in [0.4, 0.5) is 5.69 Å². The Morgan fingerprint density at radius 2 is 2.00 bits per heavy atom. The molecule has 0 saturated heterocycles. The van der Waals surface area contributed by atoms with Crippen LogP contribution in [0, 0.1) is 10.1 Å². The van der Waals surface area contributed by atoms with Gasteiger partial charge in [0.15, 0.2) is 4.90 Å². The van der Waals surface area contributed by atoms with Gasteiger partial charge in [-0.3, -0.25) is 14.9 Å². The number of sulfonamides is 1. The number of ether oxygens (including phenoxy) is 1. The number of methoxy groups -OCH3 is 1. The fourth-order valence-corrected chi connectivity index (χ4v) is 3.37. The Morgan fingerprint density at radius 1 is 1.36 bits per heavy atom. The Balaban J connectivity index is 3.26. The fraction of sp³-hybridized carbons (Fsp3) is 0.462. The molecule has 0 spiro atoms. The first-order valence-electron chi connectivity index (χ1n) is 6.65. The van der Waals surface area contributed by atoms with E-state index in [-0.39, 0.29) is 6.54 Å². The largest absolute Gasteiger partial charge is 0.468 e. The van der Waals surface area contributed by atoms with E-state index in [2.05, 4.69) is 4.74 Å². The van der Waals surface area contributed by atoms with Crippen molar-refractivity contribution in [2.24, 2.45) is 0 Å². The highest BCUT2D eigenvalue weighted by molar-refractivity contribution is 7.89. The highest BCUT2D eigenvalue weighted by Gasteiger charge is 2.32. The van der Waals surface area contributed by atoms with E-state index in [1.54, 1.807) is 0 Å². The zero-order valence-electron chi connectivity index (χ0n) is 12.4. The van der Waals surface area contributed by atoms with Crippen molar-refractivity contribution in [1.29, 1.82) is 0 Å². The molecule has 1 rings (SSSR count). The first-order chi connectivity index (χ1) is 10.3. The van der Waals surface area contributed by atoms with Gasteiger partial charge in [-0.05, 0) is 12.5 Å². The minimum absolute atomic E-state index is 0.0833. The van der Waals surface area contributed by atoms with Gasteiger partial charge in [0.25, 0.3) is 5.69 Å². The number of rotatable bonds is 8. The second-order valence-electron chi connectivity index (χ2n) is 4.49. The molecule has 0 aliphatic carbocycles. The summed E-state index contributed by atoms with van der Waals surface area (Å²) < 4.78 is 30.7. The summed E-state index contributed by atoms with van der Waals surface area (Å²) in [6.07, 6.45) is 1.24. The van der Waals surface area contributed by atoms with Gasteiger partial charge in [0.1, 0.15) is 6.54 Å². The van der Waals surface area contributed by atoms with E-state index < -0.39 is 38.0 Å². The van der Waals surface area contributed by atoms with Gasteiger partial charge in [-0.2, -0.15) is 4.31 Å². The van der Waals surface area contributed by atoms with Crippen LogP contribution in [0.25, 0.3) is 0 Å². The van der Waals surface area contributed by atoms with Crippen molar-refractivity contribution >= 4 is 21.7 Å². The summed E-state index contributed by atoms with van der Waals surface area (Å²) in [6.45, 7) is 1.47. The van der Waals surface area contributed by atoms with E-state index in [4.69, 9.17) is 0 Å². The van der Waals surface area contributed by atoms with Crippen LogP contribution < -0.4 is 0 Å². The number of nitro groups is 1. The highest BCUT2D eigenvalue weighted by atomic mass is 32.2. The molecule has 8 nitrogen and oxygen atoms in total. The lowest BCUT2D eigenvalue weighted by atomic mass is 10.3. The van der Waals surface area contributed by atoms with Crippen LogP contribution in [0.2, 0.25) is 0 Å². The standard InChI is InChI=1S/C13H18N2O6S/c1-3-4-9-14(10-13(16)21-2)22(19,20)12-8-6-5-7-11(12)15(17)18/h5-8H,3-4,9-10H2,1-2H3. The summed E-state index contributed by atoms with van der Waals surface area (Å²) >= 11 is 0. The third-order valence-electron chi connectivity index (χ3n) is 2.97. The van der Waals surface area contributed by atoms with Crippen molar-refractivity contribution in [3.8, 4) is 0 Å². The molecule has 0 amide bonds. The predicted molar refractivity (Wildman–Crippen MR) is 78.8 cm³/mol. The van der Waals surface area contributed by atoms with Crippen LogP contribution in [-0.2, 0) is 19.6 Å². The topological polar surface area (TPSA) is 107 Å². The molecule has 0 aromatic heterocycles. The molecule has 22 heavy (non-hydrogen) atoms. The normalized spacial score (nSPS) is 11.4. The number of esters is 1. The maximum atomic E-state index is 12.6. The number of carbonyl (C=O) groups is 1. The molecule has 0 fully saturated rings. The summed E-state index contributed by atoms with van der Waals surface area (Å²) in [4.78, 5) is 21.2. The third kappa shape index (κ3) is 4.25.